The lowest BCUT2D eigenvalue weighted by Gasteiger charge is -2.30. The van der Waals surface area contributed by atoms with E-state index in [0.717, 1.165) is 16.8 Å². The number of aryl methyl sites for hydroxylation is 1. The summed E-state index contributed by atoms with van der Waals surface area (Å²) in [6, 6.07) is 15.8. The normalized spacial score (nSPS) is 15.0. The molecule has 0 saturated heterocycles. The van der Waals surface area contributed by atoms with Crippen molar-refractivity contribution in [1.82, 2.24) is 4.90 Å². The number of nitrogens with zero attached hydrogens (tertiary/aromatic N) is 1. The third-order valence-corrected chi connectivity index (χ3v) is 4.92. The number of hydrogen-bond acceptors (Lipinski definition) is 1. The van der Waals surface area contributed by atoms with E-state index in [1.807, 2.05) is 42.2 Å². The minimum Gasteiger partial charge on any atom is -0.317 e. The highest BCUT2D eigenvalue weighted by Crippen LogP contribution is 2.36. The maximum absolute atomic E-state index is 12.9. The quantitative estimate of drug-likeness (QED) is 0.766. The van der Waals surface area contributed by atoms with Crippen LogP contribution in [-0.2, 0) is 6.54 Å². The third-order valence-electron chi connectivity index (χ3n) is 4.68. The lowest BCUT2D eigenvalue weighted by atomic mass is 10.1. The standard InChI is InChI=1S/C20H23ClN2O/c1-14-12-18(21)10-11-19(14)22-20(24)23(15(2)17-8-9-17)13-16-6-4-3-5-7-16/h3-7,10-12,15,17H,8-9,13H2,1-2H3,(H,22,24). The molecule has 1 fully saturated rings. The van der Waals surface area contributed by atoms with Gasteiger partial charge in [-0.15, -0.1) is 0 Å². The molecule has 0 heterocycles. The van der Waals surface area contributed by atoms with Crippen LogP contribution in [0.25, 0.3) is 0 Å². The smallest absolute Gasteiger partial charge is 0.317 e. The minimum atomic E-state index is -0.0522. The zero-order chi connectivity index (χ0) is 17.1. The Balaban J connectivity index is 1.77. The summed E-state index contributed by atoms with van der Waals surface area (Å²) < 4.78 is 0. The lowest BCUT2D eigenvalue weighted by molar-refractivity contribution is 0.180. The molecule has 2 aromatic rings. The van der Waals surface area contributed by atoms with E-state index in [9.17, 15) is 4.79 Å². The van der Waals surface area contributed by atoms with Gasteiger partial charge in [0.15, 0.2) is 0 Å². The monoisotopic (exact) mass is 342 g/mol. The topological polar surface area (TPSA) is 32.3 Å². The summed E-state index contributed by atoms with van der Waals surface area (Å²) in [7, 11) is 0. The lowest BCUT2D eigenvalue weighted by Crippen LogP contribution is -2.42. The number of halogens is 1. The summed E-state index contributed by atoms with van der Waals surface area (Å²) in [6.45, 7) is 4.72. The van der Waals surface area contributed by atoms with Gasteiger partial charge in [-0.3, -0.25) is 0 Å². The van der Waals surface area contributed by atoms with Gasteiger partial charge in [-0.2, -0.15) is 0 Å². The van der Waals surface area contributed by atoms with Gasteiger partial charge in [0.1, 0.15) is 0 Å². The molecule has 0 aliphatic heterocycles. The van der Waals surface area contributed by atoms with E-state index in [0.29, 0.717) is 17.5 Å². The van der Waals surface area contributed by atoms with Crippen molar-refractivity contribution in [2.75, 3.05) is 5.32 Å². The average molecular weight is 343 g/mol. The molecular formula is C20H23ClN2O. The Kier molecular flexibility index (Phi) is 5.10. The second-order valence-corrected chi connectivity index (χ2v) is 7.02. The van der Waals surface area contributed by atoms with Crippen molar-refractivity contribution in [2.24, 2.45) is 5.92 Å². The van der Waals surface area contributed by atoms with E-state index in [4.69, 9.17) is 11.6 Å². The van der Waals surface area contributed by atoms with Crippen LogP contribution in [0, 0.1) is 12.8 Å². The second kappa shape index (κ2) is 7.27. The van der Waals surface area contributed by atoms with Crippen LogP contribution in [0.1, 0.15) is 30.9 Å². The van der Waals surface area contributed by atoms with Crippen LogP contribution >= 0.6 is 11.6 Å². The predicted molar refractivity (Wildman–Crippen MR) is 99.4 cm³/mol. The molecule has 0 aromatic heterocycles. The molecule has 126 valence electrons. The SMILES string of the molecule is Cc1cc(Cl)ccc1NC(=O)N(Cc1ccccc1)C(C)C1CC1. The number of carbonyl (C=O) groups excluding carboxylic acids is 1. The molecule has 2 aromatic carbocycles. The van der Waals surface area contributed by atoms with Crippen molar-refractivity contribution in [3.63, 3.8) is 0 Å². The molecule has 3 rings (SSSR count). The fraction of sp³-hybridized carbons (Fsp3) is 0.350. The molecule has 1 N–H and O–H groups in total. The Labute approximate surface area is 148 Å². The summed E-state index contributed by atoms with van der Waals surface area (Å²) in [6.07, 6.45) is 2.42. The largest absolute Gasteiger partial charge is 0.322 e. The van der Waals surface area contributed by atoms with Crippen LogP contribution in [0.15, 0.2) is 48.5 Å². The van der Waals surface area contributed by atoms with Crippen LogP contribution in [-0.4, -0.2) is 17.0 Å². The molecule has 0 spiro atoms. The second-order valence-electron chi connectivity index (χ2n) is 6.58. The molecule has 1 aliphatic rings. The first-order chi connectivity index (χ1) is 11.5. The van der Waals surface area contributed by atoms with Gasteiger partial charge in [-0.25, -0.2) is 4.79 Å². The fourth-order valence-electron chi connectivity index (χ4n) is 2.97. The van der Waals surface area contributed by atoms with E-state index in [1.165, 1.54) is 12.8 Å². The van der Waals surface area contributed by atoms with Gasteiger partial charge < -0.3 is 10.2 Å². The molecule has 0 radical (unpaired) electrons. The fourth-order valence-corrected chi connectivity index (χ4v) is 3.19. The van der Waals surface area contributed by atoms with E-state index in [-0.39, 0.29) is 12.1 Å². The van der Waals surface area contributed by atoms with Gasteiger partial charge >= 0.3 is 6.03 Å². The summed E-state index contributed by atoms with van der Waals surface area (Å²) >= 11 is 6.00. The zero-order valence-corrected chi connectivity index (χ0v) is 14.9. The molecule has 1 saturated carbocycles. The predicted octanol–water partition coefficient (Wildman–Crippen LogP) is 5.48. The average Bonchev–Trinajstić information content (AvgIpc) is 3.40. The van der Waals surface area contributed by atoms with Crippen molar-refractivity contribution in [3.05, 3.63) is 64.7 Å². The van der Waals surface area contributed by atoms with Crippen molar-refractivity contribution >= 4 is 23.3 Å². The van der Waals surface area contributed by atoms with Crippen LogP contribution in [0.5, 0.6) is 0 Å². The number of amides is 2. The highest BCUT2D eigenvalue weighted by atomic mass is 35.5. The van der Waals surface area contributed by atoms with Gasteiger partial charge in [0, 0.05) is 23.3 Å². The molecule has 24 heavy (non-hydrogen) atoms. The maximum Gasteiger partial charge on any atom is 0.322 e. The van der Waals surface area contributed by atoms with Crippen LogP contribution < -0.4 is 5.32 Å². The van der Waals surface area contributed by atoms with Gasteiger partial charge in [0.2, 0.25) is 0 Å². The Bertz CT molecular complexity index is 713. The minimum absolute atomic E-state index is 0.0522. The number of nitrogens with one attached hydrogen (secondary N) is 1. The van der Waals surface area contributed by atoms with Crippen molar-refractivity contribution in [2.45, 2.75) is 39.3 Å². The zero-order valence-electron chi connectivity index (χ0n) is 14.1. The summed E-state index contributed by atoms with van der Waals surface area (Å²) in [5.74, 6) is 0.616. The van der Waals surface area contributed by atoms with Gasteiger partial charge in [-0.05, 0) is 61.9 Å². The molecule has 1 aliphatic carbocycles. The Morgan fingerprint density at radius 3 is 2.58 bits per heavy atom. The first-order valence-corrected chi connectivity index (χ1v) is 8.80. The number of carbonyl (C=O) groups is 1. The number of anilines is 1. The molecule has 2 amide bonds. The van der Waals surface area contributed by atoms with E-state index < -0.39 is 0 Å². The number of benzene rings is 2. The van der Waals surface area contributed by atoms with Crippen molar-refractivity contribution < 1.29 is 4.79 Å². The maximum atomic E-state index is 12.9. The van der Waals surface area contributed by atoms with E-state index in [2.05, 4.69) is 24.4 Å². The van der Waals surface area contributed by atoms with Crippen LogP contribution in [0.3, 0.4) is 0 Å². The van der Waals surface area contributed by atoms with Crippen LogP contribution in [0.4, 0.5) is 10.5 Å². The first-order valence-electron chi connectivity index (χ1n) is 8.42. The number of rotatable bonds is 5. The van der Waals surface area contributed by atoms with E-state index in [1.54, 1.807) is 6.07 Å². The highest BCUT2D eigenvalue weighted by molar-refractivity contribution is 6.30. The first kappa shape index (κ1) is 16.8. The summed E-state index contributed by atoms with van der Waals surface area (Å²) in [5.41, 5.74) is 2.92. The molecule has 0 bridgehead atoms. The van der Waals surface area contributed by atoms with Crippen LogP contribution in [0.2, 0.25) is 5.02 Å². The Morgan fingerprint density at radius 2 is 1.96 bits per heavy atom. The summed E-state index contributed by atoms with van der Waals surface area (Å²) in [5, 5.41) is 3.73. The Morgan fingerprint density at radius 1 is 1.25 bits per heavy atom. The number of urea groups is 1. The van der Waals surface area contributed by atoms with Crippen molar-refractivity contribution in [3.8, 4) is 0 Å². The van der Waals surface area contributed by atoms with Gasteiger partial charge in [0.05, 0.1) is 0 Å². The highest BCUT2D eigenvalue weighted by Gasteiger charge is 2.34. The molecule has 3 nitrogen and oxygen atoms in total. The van der Waals surface area contributed by atoms with Gasteiger partial charge in [-0.1, -0.05) is 41.9 Å². The summed E-state index contributed by atoms with van der Waals surface area (Å²) in [4.78, 5) is 14.9. The Hall–Kier alpha value is -2.00. The third kappa shape index (κ3) is 4.09. The molecule has 1 atom stereocenters. The molecule has 4 heteroatoms. The van der Waals surface area contributed by atoms with E-state index >= 15 is 0 Å². The molecular weight excluding hydrogens is 320 g/mol. The molecule has 1 unspecified atom stereocenters. The number of hydrogen-bond donors (Lipinski definition) is 1. The van der Waals surface area contributed by atoms with Crippen molar-refractivity contribution in [1.29, 1.82) is 0 Å². The van der Waals surface area contributed by atoms with Gasteiger partial charge in [0.25, 0.3) is 0 Å².